The minimum atomic E-state index is 0. The third-order valence-corrected chi connectivity index (χ3v) is 4.21. The zero-order valence-corrected chi connectivity index (χ0v) is 15.8. The molecule has 0 aliphatic heterocycles. The van der Waals surface area contributed by atoms with Gasteiger partial charge in [-0.25, -0.2) is 24.3 Å². The van der Waals surface area contributed by atoms with Crippen molar-refractivity contribution >= 4 is 11.0 Å². The number of rotatable bonds is 3. The first kappa shape index (κ1) is 18.8. The van der Waals surface area contributed by atoms with Crippen LogP contribution in [0.5, 0.6) is 0 Å². The smallest absolute Gasteiger partial charge is 0.214 e. The van der Waals surface area contributed by atoms with Gasteiger partial charge in [-0.05, 0) is 17.7 Å². The van der Waals surface area contributed by atoms with Crippen LogP contribution in [0.25, 0.3) is 11.0 Å². The molecule has 134 valence electrons. The standard InChI is InChI=1S/C18H14N3.C5H5.Fe/c1-2-8-14(9-3-1)18(15-10-4-5-11-15)21-19-16-12-6-7-13-17(16)20-21;1-2-4-5-3-1;/h1-13,18H;1-5H;/q2*-1;+2. The molecule has 0 spiro atoms. The summed E-state index contributed by atoms with van der Waals surface area (Å²) in [7, 11) is 0. The Morgan fingerprint density at radius 2 is 1.26 bits per heavy atom. The Balaban J connectivity index is 0.000000306. The summed E-state index contributed by atoms with van der Waals surface area (Å²) in [4.78, 5) is 1.81. The number of fused-ring (bicyclic) bond motifs is 1. The summed E-state index contributed by atoms with van der Waals surface area (Å²) in [5.74, 6) is 0. The third kappa shape index (κ3) is 4.43. The van der Waals surface area contributed by atoms with Crippen LogP contribution in [0.3, 0.4) is 0 Å². The summed E-state index contributed by atoms with van der Waals surface area (Å²) < 4.78 is 0. The Morgan fingerprint density at radius 3 is 1.78 bits per heavy atom. The molecular formula is C23H19FeN3. The fraction of sp³-hybridized carbons (Fsp3) is 0.0435. The van der Waals surface area contributed by atoms with Crippen molar-refractivity contribution < 1.29 is 17.1 Å². The molecule has 1 atom stereocenters. The van der Waals surface area contributed by atoms with Crippen LogP contribution in [0.4, 0.5) is 0 Å². The average molecular weight is 393 g/mol. The van der Waals surface area contributed by atoms with Crippen LogP contribution in [-0.2, 0) is 17.1 Å². The molecule has 0 saturated heterocycles. The van der Waals surface area contributed by atoms with Gasteiger partial charge in [0.2, 0.25) is 0 Å². The molecule has 0 aliphatic carbocycles. The maximum atomic E-state index is 4.65. The number of nitrogens with zero attached hydrogens (tertiary/aromatic N) is 3. The Bertz CT molecular complexity index is 982. The van der Waals surface area contributed by atoms with E-state index in [1.54, 1.807) is 0 Å². The van der Waals surface area contributed by atoms with Gasteiger partial charge in [-0.15, -0.1) is 5.56 Å². The molecule has 5 rings (SSSR count). The predicted molar refractivity (Wildman–Crippen MR) is 105 cm³/mol. The van der Waals surface area contributed by atoms with Crippen molar-refractivity contribution in [3.8, 4) is 0 Å². The Labute approximate surface area is 169 Å². The van der Waals surface area contributed by atoms with E-state index in [0.717, 1.165) is 11.0 Å². The normalized spacial score (nSPS) is 11.3. The molecule has 5 aromatic rings. The molecule has 4 aromatic carbocycles. The van der Waals surface area contributed by atoms with E-state index < -0.39 is 0 Å². The minimum absolute atomic E-state index is 0. The monoisotopic (exact) mass is 393 g/mol. The minimum Gasteiger partial charge on any atom is -0.214 e. The van der Waals surface area contributed by atoms with Crippen LogP contribution in [0.1, 0.15) is 17.2 Å². The van der Waals surface area contributed by atoms with E-state index in [4.69, 9.17) is 0 Å². The van der Waals surface area contributed by atoms with E-state index in [2.05, 4.69) is 58.7 Å². The van der Waals surface area contributed by atoms with E-state index in [1.165, 1.54) is 11.1 Å². The molecule has 1 heterocycles. The number of hydrogen-bond donors (Lipinski definition) is 0. The zero-order valence-electron chi connectivity index (χ0n) is 14.7. The van der Waals surface area contributed by atoms with Gasteiger partial charge in [0.05, 0.1) is 6.04 Å². The van der Waals surface area contributed by atoms with E-state index in [-0.39, 0.29) is 23.1 Å². The van der Waals surface area contributed by atoms with E-state index in [9.17, 15) is 0 Å². The fourth-order valence-electron chi connectivity index (χ4n) is 2.98. The quantitative estimate of drug-likeness (QED) is 0.312. The fourth-order valence-corrected chi connectivity index (χ4v) is 2.98. The molecule has 0 N–H and O–H groups in total. The molecular weight excluding hydrogens is 374 g/mol. The van der Waals surface area contributed by atoms with Gasteiger partial charge >= 0.3 is 17.1 Å². The second kappa shape index (κ2) is 9.13. The van der Waals surface area contributed by atoms with Crippen molar-refractivity contribution in [1.82, 2.24) is 15.0 Å². The first-order chi connectivity index (χ1) is 12.9. The van der Waals surface area contributed by atoms with Crippen molar-refractivity contribution in [1.29, 1.82) is 0 Å². The van der Waals surface area contributed by atoms with Gasteiger partial charge in [0.1, 0.15) is 11.0 Å². The average Bonchev–Trinajstić information content (AvgIpc) is 3.46. The van der Waals surface area contributed by atoms with Gasteiger partial charge in [-0.1, -0.05) is 42.5 Å². The molecule has 0 amide bonds. The SMILES string of the molecule is [Fe+2].c1cc[cH-]c1.c1ccc(C([c-]2cccc2)n2nc3ccccc3n2)cc1. The van der Waals surface area contributed by atoms with Crippen LogP contribution in [0.2, 0.25) is 0 Å². The van der Waals surface area contributed by atoms with Gasteiger partial charge in [-0.3, -0.25) is 0 Å². The zero-order chi connectivity index (χ0) is 17.6. The Morgan fingerprint density at radius 1 is 0.704 bits per heavy atom. The van der Waals surface area contributed by atoms with E-state index >= 15 is 0 Å². The summed E-state index contributed by atoms with van der Waals surface area (Å²) in [5, 5.41) is 9.30. The van der Waals surface area contributed by atoms with Gasteiger partial charge < -0.3 is 0 Å². The van der Waals surface area contributed by atoms with Crippen LogP contribution < -0.4 is 0 Å². The van der Waals surface area contributed by atoms with Crippen molar-refractivity contribution in [3.63, 3.8) is 0 Å². The van der Waals surface area contributed by atoms with Crippen LogP contribution >= 0.6 is 0 Å². The summed E-state index contributed by atoms with van der Waals surface area (Å²) in [6.45, 7) is 0. The van der Waals surface area contributed by atoms with Gasteiger partial charge in [-0.2, -0.15) is 45.3 Å². The molecule has 4 heteroatoms. The molecule has 3 nitrogen and oxygen atoms in total. The van der Waals surface area contributed by atoms with Crippen molar-refractivity contribution in [3.05, 3.63) is 120 Å². The Hall–Kier alpha value is -2.94. The first-order valence-corrected chi connectivity index (χ1v) is 8.66. The summed E-state index contributed by atoms with van der Waals surface area (Å²) in [6.07, 6.45) is 0. The van der Waals surface area contributed by atoms with Crippen LogP contribution in [-0.4, -0.2) is 15.0 Å². The molecule has 0 fully saturated rings. The van der Waals surface area contributed by atoms with Gasteiger partial charge in [0, 0.05) is 0 Å². The molecule has 0 bridgehead atoms. The summed E-state index contributed by atoms with van der Waals surface area (Å²) in [6, 6.07) is 36.7. The number of hydrogen-bond acceptors (Lipinski definition) is 2. The molecule has 0 aliphatic rings. The summed E-state index contributed by atoms with van der Waals surface area (Å²) >= 11 is 0. The van der Waals surface area contributed by atoms with Crippen LogP contribution in [0, 0.1) is 0 Å². The van der Waals surface area contributed by atoms with Gasteiger partial charge in [0.15, 0.2) is 0 Å². The largest absolute Gasteiger partial charge is 2.00 e. The second-order valence-electron chi connectivity index (χ2n) is 6.00. The van der Waals surface area contributed by atoms with Crippen molar-refractivity contribution in [2.75, 3.05) is 0 Å². The topological polar surface area (TPSA) is 30.7 Å². The number of aromatic nitrogens is 3. The first-order valence-electron chi connectivity index (χ1n) is 8.66. The second-order valence-corrected chi connectivity index (χ2v) is 6.00. The molecule has 27 heavy (non-hydrogen) atoms. The van der Waals surface area contributed by atoms with E-state index in [1.807, 2.05) is 65.5 Å². The number of benzene rings is 2. The molecule has 1 unspecified atom stereocenters. The predicted octanol–water partition coefficient (Wildman–Crippen LogP) is 5.19. The van der Waals surface area contributed by atoms with Crippen LogP contribution in [0.15, 0.2) is 109 Å². The summed E-state index contributed by atoms with van der Waals surface area (Å²) in [5.41, 5.74) is 4.22. The third-order valence-electron chi connectivity index (χ3n) is 4.21. The van der Waals surface area contributed by atoms with Crippen molar-refractivity contribution in [2.45, 2.75) is 6.04 Å². The maximum Gasteiger partial charge on any atom is 2.00 e. The molecule has 0 radical (unpaired) electrons. The van der Waals surface area contributed by atoms with E-state index in [0.29, 0.717) is 0 Å². The maximum absolute atomic E-state index is 4.65. The van der Waals surface area contributed by atoms with Crippen molar-refractivity contribution in [2.24, 2.45) is 0 Å². The molecule has 0 saturated carbocycles. The van der Waals surface area contributed by atoms with Gasteiger partial charge in [0.25, 0.3) is 0 Å². The Kier molecular flexibility index (Phi) is 6.37. The molecule has 1 aromatic heterocycles.